The van der Waals surface area contributed by atoms with E-state index >= 15 is 0 Å². The number of amides is 1. The molecule has 0 N–H and O–H groups in total. The average molecular weight is 357 g/mol. The number of benzene rings is 1. The van der Waals surface area contributed by atoms with Gasteiger partial charge in [0.2, 0.25) is 5.91 Å². The first-order chi connectivity index (χ1) is 12.7. The molecule has 26 heavy (non-hydrogen) atoms. The minimum atomic E-state index is 0.0378. The van der Waals surface area contributed by atoms with Crippen LogP contribution in [0.3, 0.4) is 0 Å². The monoisotopic (exact) mass is 356 g/mol. The predicted molar refractivity (Wildman–Crippen MR) is 108 cm³/mol. The summed E-state index contributed by atoms with van der Waals surface area (Å²) in [5, 5.41) is 0. The van der Waals surface area contributed by atoms with Crippen LogP contribution in [0.2, 0.25) is 0 Å². The summed E-state index contributed by atoms with van der Waals surface area (Å²) in [5.41, 5.74) is 1.19. The molecule has 1 amide bonds. The third kappa shape index (κ3) is 5.09. The van der Waals surface area contributed by atoms with Gasteiger partial charge in [-0.1, -0.05) is 50.6 Å². The van der Waals surface area contributed by atoms with E-state index in [2.05, 4.69) is 47.9 Å². The van der Waals surface area contributed by atoms with Crippen molar-refractivity contribution in [2.24, 2.45) is 11.8 Å². The summed E-state index contributed by atoms with van der Waals surface area (Å²) in [6.07, 6.45) is 7.11. The Balaban J connectivity index is 1.59. The van der Waals surface area contributed by atoms with E-state index in [-0.39, 0.29) is 5.92 Å². The maximum atomic E-state index is 13.3. The molecule has 1 aromatic rings. The quantitative estimate of drug-likeness (QED) is 0.747. The molecule has 0 spiro atoms. The van der Waals surface area contributed by atoms with Crippen molar-refractivity contribution in [1.82, 2.24) is 9.80 Å². The zero-order valence-electron chi connectivity index (χ0n) is 16.7. The van der Waals surface area contributed by atoms with Gasteiger partial charge in [-0.3, -0.25) is 4.79 Å². The van der Waals surface area contributed by atoms with Gasteiger partial charge in [-0.05, 0) is 62.6 Å². The molecule has 0 aromatic heterocycles. The first kappa shape index (κ1) is 19.4. The van der Waals surface area contributed by atoms with Crippen LogP contribution in [0.4, 0.5) is 0 Å². The lowest BCUT2D eigenvalue weighted by atomic mass is 9.90. The molecular weight excluding hydrogens is 320 g/mol. The van der Waals surface area contributed by atoms with Gasteiger partial charge >= 0.3 is 0 Å². The van der Waals surface area contributed by atoms with Gasteiger partial charge in [0.1, 0.15) is 0 Å². The molecule has 2 fully saturated rings. The Morgan fingerprint density at radius 2 is 1.85 bits per heavy atom. The molecule has 3 nitrogen and oxygen atoms in total. The van der Waals surface area contributed by atoms with Crippen LogP contribution < -0.4 is 0 Å². The van der Waals surface area contributed by atoms with E-state index in [1.807, 2.05) is 6.07 Å². The number of hydrogen-bond donors (Lipinski definition) is 0. The van der Waals surface area contributed by atoms with Gasteiger partial charge in [0, 0.05) is 19.6 Å². The Morgan fingerprint density at radius 3 is 2.54 bits per heavy atom. The summed E-state index contributed by atoms with van der Waals surface area (Å²) in [5.74, 6) is 1.93. The first-order valence-corrected chi connectivity index (χ1v) is 10.7. The Morgan fingerprint density at radius 1 is 1.12 bits per heavy atom. The summed E-state index contributed by atoms with van der Waals surface area (Å²) >= 11 is 0. The highest BCUT2D eigenvalue weighted by molar-refractivity contribution is 5.83. The third-order valence-electron chi connectivity index (χ3n) is 6.30. The lowest BCUT2D eigenvalue weighted by Gasteiger charge is -2.39. The summed E-state index contributed by atoms with van der Waals surface area (Å²) in [6, 6.07) is 10.4. The van der Waals surface area contributed by atoms with Crippen molar-refractivity contribution in [2.75, 3.05) is 32.7 Å². The van der Waals surface area contributed by atoms with Crippen LogP contribution in [0.1, 0.15) is 63.9 Å². The van der Waals surface area contributed by atoms with E-state index < -0.39 is 0 Å². The first-order valence-electron chi connectivity index (χ1n) is 10.7. The van der Waals surface area contributed by atoms with Gasteiger partial charge in [-0.25, -0.2) is 0 Å². The van der Waals surface area contributed by atoms with Crippen LogP contribution in [0.25, 0.3) is 0 Å². The largest absolute Gasteiger partial charge is 0.342 e. The molecule has 2 saturated heterocycles. The van der Waals surface area contributed by atoms with E-state index in [0.29, 0.717) is 11.8 Å². The summed E-state index contributed by atoms with van der Waals surface area (Å²) in [6.45, 7) is 10.1. The van der Waals surface area contributed by atoms with Crippen molar-refractivity contribution in [3.8, 4) is 0 Å². The summed E-state index contributed by atoms with van der Waals surface area (Å²) in [4.78, 5) is 18.1. The molecule has 0 aliphatic carbocycles. The van der Waals surface area contributed by atoms with Crippen LogP contribution in [-0.2, 0) is 4.79 Å². The van der Waals surface area contributed by atoms with Crippen LogP contribution in [0, 0.1) is 11.8 Å². The van der Waals surface area contributed by atoms with Gasteiger partial charge < -0.3 is 9.80 Å². The molecule has 3 rings (SSSR count). The van der Waals surface area contributed by atoms with E-state index in [9.17, 15) is 4.79 Å². The maximum absolute atomic E-state index is 13.3. The van der Waals surface area contributed by atoms with Crippen molar-refractivity contribution >= 4 is 5.91 Å². The molecule has 144 valence electrons. The molecule has 0 bridgehead atoms. The number of hydrogen-bond acceptors (Lipinski definition) is 2. The lowest BCUT2D eigenvalue weighted by Crippen LogP contribution is -2.46. The zero-order valence-corrected chi connectivity index (χ0v) is 16.7. The molecule has 2 aliphatic rings. The lowest BCUT2D eigenvalue weighted by molar-refractivity contribution is -0.135. The van der Waals surface area contributed by atoms with Crippen molar-refractivity contribution < 1.29 is 4.79 Å². The Labute approximate surface area is 159 Å². The van der Waals surface area contributed by atoms with E-state index in [0.717, 1.165) is 38.3 Å². The van der Waals surface area contributed by atoms with Crippen molar-refractivity contribution in [1.29, 1.82) is 0 Å². The van der Waals surface area contributed by atoms with Gasteiger partial charge in [0.05, 0.1) is 5.92 Å². The van der Waals surface area contributed by atoms with Crippen molar-refractivity contribution in [3.05, 3.63) is 35.9 Å². The highest BCUT2D eigenvalue weighted by Crippen LogP contribution is 2.27. The molecule has 0 radical (unpaired) electrons. The highest BCUT2D eigenvalue weighted by Gasteiger charge is 2.30. The standard InChI is InChI=1S/C23H36N2O/c1-3-8-22(21-10-5-4-6-11-21)23(26)25-14-7-9-20(18-25)17-24-15-12-19(2)13-16-24/h4-6,10-11,19-20,22H,3,7-9,12-18H2,1-2H3. The van der Waals surface area contributed by atoms with Gasteiger partial charge in [0.25, 0.3) is 0 Å². The zero-order chi connectivity index (χ0) is 18.4. The molecule has 3 heteroatoms. The second kappa shape index (κ2) is 9.55. The fraction of sp³-hybridized carbons (Fsp3) is 0.696. The molecule has 0 saturated carbocycles. The Kier molecular flexibility index (Phi) is 7.13. The van der Waals surface area contributed by atoms with Crippen LogP contribution >= 0.6 is 0 Å². The normalized spacial score (nSPS) is 23.8. The maximum Gasteiger partial charge on any atom is 0.230 e. The van der Waals surface area contributed by atoms with Gasteiger partial charge in [-0.2, -0.15) is 0 Å². The minimum Gasteiger partial charge on any atom is -0.342 e. The van der Waals surface area contributed by atoms with Crippen LogP contribution in [-0.4, -0.2) is 48.4 Å². The average Bonchev–Trinajstić information content (AvgIpc) is 2.68. The predicted octanol–water partition coefficient (Wildman–Crippen LogP) is 4.54. The molecule has 2 atom stereocenters. The molecule has 1 aromatic carbocycles. The number of rotatable bonds is 6. The third-order valence-corrected chi connectivity index (χ3v) is 6.30. The number of nitrogens with zero attached hydrogens (tertiary/aromatic N) is 2. The fourth-order valence-corrected chi connectivity index (χ4v) is 4.65. The van der Waals surface area contributed by atoms with Gasteiger partial charge in [-0.15, -0.1) is 0 Å². The second-order valence-corrected chi connectivity index (χ2v) is 8.53. The minimum absolute atomic E-state index is 0.0378. The second-order valence-electron chi connectivity index (χ2n) is 8.53. The summed E-state index contributed by atoms with van der Waals surface area (Å²) in [7, 11) is 0. The molecule has 2 aliphatic heterocycles. The number of carbonyl (C=O) groups is 1. The molecular formula is C23H36N2O. The molecule has 2 heterocycles. The van der Waals surface area contributed by atoms with E-state index in [4.69, 9.17) is 0 Å². The fourth-order valence-electron chi connectivity index (χ4n) is 4.65. The van der Waals surface area contributed by atoms with E-state index in [1.165, 1.54) is 44.5 Å². The van der Waals surface area contributed by atoms with Gasteiger partial charge in [0.15, 0.2) is 0 Å². The smallest absolute Gasteiger partial charge is 0.230 e. The number of piperidine rings is 2. The number of likely N-dealkylation sites (tertiary alicyclic amines) is 2. The highest BCUT2D eigenvalue weighted by atomic mass is 16.2. The van der Waals surface area contributed by atoms with E-state index in [1.54, 1.807) is 0 Å². The van der Waals surface area contributed by atoms with Crippen molar-refractivity contribution in [2.45, 2.75) is 58.3 Å². The van der Waals surface area contributed by atoms with Crippen LogP contribution in [0.5, 0.6) is 0 Å². The van der Waals surface area contributed by atoms with Crippen molar-refractivity contribution in [3.63, 3.8) is 0 Å². The Bertz CT molecular complexity index is 551. The molecule has 2 unspecified atom stereocenters. The SMILES string of the molecule is CCCC(C(=O)N1CCCC(CN2CCC(C)CC2)C1)c1ccccc1. The Hall–Kier alpha value is -1.35. The summed E-state index contributed by atoms with van der Waals surface area (Å²) < 4.78 is 0. The topological polar surface area (TPSA) is 23.6 Å². The number of carbonyl (C=O) groups excluding carboxylic acids is 1. The van der Waals surface area contributed by atoms with Crippen LogP contribution in [0.15, 0.2) is 30.3 Å².